The number of nitrogens with zero attached hydrogens (tertiary/aromatic N) is 5. The summed E-state index contributed by atoms with van der Waals surface area (Å²) in [5, 5.41) is 0. The maximum Gasteiger partial charge on any atom is 0.416 e. The molecule has 11 heteroatoms. The van der Waals surface area contributed by atoms with Gasteiger partial charge in [-0.15, -0.1) is 0 Å². The number of amides is 1. The number of fused-ring (bicyclic) bond motifs is 4. The molecule has 0 aliphatic carbocycles. The normalized spacial score (nSPS) is 20.2. The van der Waals surface area contributed by atoms with Gasteiger partial charge in [-0.3, -0.25) is 13.9 Å². The van der Waals surface area contributed by atoms with Crippen LogP contribution in [0.3, 0.4) is 0 Å². The smallest absolute Gasteiger partial charge is 0.350 e. The highest BCUT2D eigenvalue weighted by Gasteiger charge is 2.43. The summed E-state index contributed by atoms with van der Waals surface area (Å²) < 4.78 is 57.1. The maximum atomic E-state index is 14.4. The van der Waals surface area contributed by atoms with Crippen molar-refractivity contribution < 1.29 is 22.4 Å². The number of anilines is 1. The molecule has 0 saturated carbocycles. The van der Waals surface area contributed by atoms with E-state index >= 15 is 0 Å². The number of hydrogen-bond acceptors (Lipinski definition) is 4. The lowest BCUT2D eigenvalue weighted by Crippen LogP contribution is -2.64. The van der Waals surface area contributed by atoms with Crippen LogP contribution in [0.25, 0.3) is 11.2 Å². The van der Waals surface area contributed by atoms with Gasteiger partial charge in [0.1, 0.15) is 11.6 Å². The number of hydrogen-bond donors (Lipinski definition) is 0. The summed E-state index contributed by atoms with van der Waals surface area (Å²) in [4.78, 5) is 34.4. The van der Waals surface area contributed by atoms with Gasteiger partial charge in [-0.25, -0.2) is 14.2 Å². The Bertz CT molecular complexity index is 1440. The second-order valence-electron chi connectivity index (χ2n) is 11.2. The van der Waals surface area contributed by atoms with Gasteiger partial charge in [0.2, 0.25) is 0 Å². The van der Waals surface area contributed by atoms with Gasteiger partial charge in [0.05, 0.1) is 16.6 Å². The lowest BCUT2D eigenvalue weighted by atomic mass is 9.90. The van der Waals surface area contributed by atoms with E-state index in [4.69, 9.17) is 4.98 Å². The number of aryl methyl sites for hydroxylation is 1. The van der Waals surface area contributed by atoms with Gasteiger partial charge in [-0.05, 0) is 48.6 Å². The molecule has 3 aromatic rings. The molecule has 37 heavy (non-hydrogen) atoms. The highest BCUT2D eigenvalue weighted by molar-refractivity contribution is 5.95. The molecule has 2 aromatic heterocycles. The van der Waals surface area contributed by atoms with Gasteiger partial charge in [0.15, 0.2) is 5.65 Å². The molecule has 2 atom stereocenters. The summed E-state index contributed by atoms with van der Waals surface area (Å²) in [6.45, 7) is 7.39. The molecule has 0 spiro atoms. The molecule has 3 saturated heterocycles. The molecule has 3 fully saturated rings. The molecule has 2 bridgehead atoms. The van der Waals surface area contributed by atoms with E-state index in [0.29, 0.717) is 49.2 Å². The molecule has 3 aliphatic rings. The topological polar surface area (TPSA) is 63.4 Å². The molecule has 0 radical (unpaired) electrons. The summed E-state index contributed by atoms with van der Waals surface area (Å²) in [6.07, 6.45) is -3.24. The number of alkyl halides is 3. The van der Waals surface area contributed by atoms with E-state index in [9.17, 15) is 27.2 Å². The van der Waals surface area contributed by atoms with Crippen LogP contribution in [0.15, 0.2) is 35.1 Å². The Balaban J connectivity index is 1.42. The molecular weight excluding hydrogens is 490 g/mol. The first-order chi connectivity index (χ1) is 17.2. The van der Waals surface area contributed by atoms with Crippen LogP contribution in [0, 0.1) is 11.2 Å². The zero-order valence-electron chi connectivity index (χ0n) is 21.1. The van der Waals surface area contributed by atoms with Crippen LogP contribution in [0.2, 0.25) is 0 Å². The molecule has 7 nitrogen and oxygen atoms in total. The highest BCUT2D eigenvalue weighted by Crippen LogP contribution is 2.35. The van der Waals surface area contributed by atoms with Crippen LogP contribution >= 0.6 is 0 Å². The van der Waals surface area contributed by atoms with E-state index in [1.165, 1.54) is 9.47 Å². The number of imidazole rings is 1. The quantitative estimate of drug-likeness (QED) is 0.481. The molecule has 6 rings (SSSR count). The monoisotopic (exact) mass is 519 g/mol. The zero-order chi connectivity index (χ0) is 26.9. The number of carbonyl (C=O) groups excluding carboxylic acids is 1. The first kappa shape index (κ1) is 25.3. The molecule has 198 valence electrons. The van der Waals surface area contributed by atoms with Crippen molar-refractivity contribution in [3.05, 3.63) is 57.8 Å². The standard InChI is InChI=1S/C26H29F4N5O2/c1-25(2,3)14-35-20-9-10-21(31-22(20)32(4)24(35)37)33-12-17-7-6-16(33)13-34(17)23(36)18-11-15(26(28,29)30)5-8-19(18)27/h5,8-11,16-17H,6-7,12-14H2,1-4H3. The third-order valence-electron chi connectivity index (χ3n) is 7.21. The predicted molar refractivity (Wildman–Crippen MR) is 131 cm³/mol. The zero-order valence-corrected chi connectivity index (χ0v) is 21.1. The van der Waals surface area contributed by atoms with Gasteiger partial charge >= 0.3 is 11.9 Å². The van der Waals surface area contributed by atoms with Crippen molar-refractivity contribution in [2.75, 3.05) is 18.0 Å². The van der Waals surface area contributed by atoms with E-state index in [-0.39, 0.29) is 29.7 Å². The van der Waals surface area contributed by atoms with Crippen molar-refractivity contribution in [3.63, 3.8) is 0 Å². The maximum absolute atomic E-state index is 14.4. The Kier molecular flexibility index (Phi) is 5.87. The van der Waals surface area contributed by atoms with Gasteiger partial charge in [0.25, 0.3) is 5.91 Å². The van der Waals surface area contributed by atoms with Gasteiger partial charge in [-0.2, -0.15) is 13.2 Å². The third kappa shape index (κ3) is 4.48. The van der Waals surface area contributed by atoms with Gasteiger partial charge < -0.3 is 9.80 Å². The minimum absolute atomic E-state index is 0.0993. The molecule has 1 amide bonds. The van der Waals surface area contributed by atoms with Crippen LogP contribution in [0.4, 0.5) is 23.4 Å². The number of piperazine rings is 1. The van der Waals surface area contributed by atoms with E-state index < -0.39 is 29.0 Å². The summed E-state index contributed by atoms with van der Waals surface area (Å²) >= 11 is 0. The SMILES string of the molecule is Cn1c(=O)n(CC(C)(C)C)c2ccc(N3CC4CCC3CN4C(=O)c3cc(C(F)(F)F)ccc3F)nc21. The average molecular weight is 520 g/mol. The Hall–Kier alpha value is -3.37. The number of benzene rings is 1. The Labute approximate surface area is 211 Å². The lowest BCUT2D eigenvalue weighted by Gasteiger charge is -2.52. The number of aromatic nitrogens is 3. The number of rotatable bonds is 3. The van der Waals surface area contributed by atoms with Crippen molar-refractivity contribution >= 4 is 22.9 Å². The average Bonchev–Trinajstić information content (AvgIpc) is 3.06. The van der Waals surface area contributed by atoms with Crippen LogP contribution in [0.5, 0.6) is 0 Å². The fourth-order valence-electron chi connectivity index (χ4n) is 5.43. The van der Waals surface area contributed by atoms with Crippen molar-refractivity contribution in [2.45, 2.75) is 58.4 Å². The van der Waals surface area contributed by atoms with Crippen LogP contribution in [0.1, 0.15) is 49.5 Å². The molecule has 5 heterocycles. The minimum Gasteiger partial charge on any atom is -0.350 e. The second-order valence-corrected chi connectivity index (χ2v) is 11.2. The van der Waals surface area contributed by atoms with E-state index in [2.05, 4.69) is 25.7 Å². The van der Waals surface area contributed by atoms with Crippen molar-refractivity contribution in [2.24, 2.45) is 12.5 Å². The molecule has 3 aliphatic heterocycles. The predicted octanol–water partition coefficient (Wildman–Crippen LogP) is 4.43. The second kappa shape index (κ2) is 8.59. The summed E-state index contributed by atoms with van der Waals surface area (Å²) in [5.41, 5.74) is -0.559. The van der Waals surface area contributed by atoms with Crippen molar-refractivity contribution in [1.29, 1.82) is 0 Å². The molecule has 1 aromatic carbocycles. The van der Waals surface area contributed by atoms with E-state index in [1.54, 1.807) is 11.6 Å². The Morgan fingerprint density at radius 1 is 1.05 bits per heavy atom. The van der Waals surface area contributed by atoms with Crippen LogP contribution in [-0.2, 0) is 19.8 Å². The van der Waals surface area contributed by atoms with Crippen LogP contribution in [-0.4, -0.2) is 50.1 Å². The van der Waals surface area contributed by atoms with Crippen molar-refractivity contribution in [3.8, 4) is 0 Å². The van der Waals surface area contributed by atoms with Crippen molar-refractivity contribution in [1.82, 2.24) is 19.0 Å². The largest absolute Gasteiger partial charge is 0.416 e. The third-order valence-corrected chi connectivity index (χ3v) is 7.21. The number of carbonyl (C=O) groups is 1. The minimum atomic E-state index is -4.67. The van der Waals surface area contributed by atoms with E-state index in [0.717, 1.165) is 11.9 Å². The summed E-state index contributed by atoms with van der Waals surface area (Å²) in [7, 11) is 1.69. The van der Waals surface area contributed by atoms with Gasteiger partial charge in [-0.1, -0.05) is 20.8 Å². The lowest BCUT2D eigenvalue weighted by molar-refractivity contribution is -0.137. The molecule has 2 unspecified atom stereocenters. The van der Waals surface area contributed by atoms with Crippen LogP contribution < -0.4 is 10.6 Å². The first-order valence-corrected chi connectivity index (χ1v) is 12.3. The van der Waals surface area contributed by atoms with E-state index in [1.807, 2.05) is 12.1 Å². The van der Waals surface area contributed by atoms with Gasteiger partial charge in [0, 0.05) is 38.8 Å². The fraction of sp³-hybridized carbons (Fsp3) is 0.500. The Morgan fingerprint density at radius 3 is 2.38 bits per heavy atom. The highest BCUT2D eigenvalue weighted by atomic mass is 19.4. The summed E-state index contributed by atoms with van der Waals surface area (Å²) in [6, 6.07) is 5.25. The fourth-order valence-corrected chi connectivity index (χ4v) is 5.43. The molecule has 0 N–H and O–H groups in total. The number of piperidine rings is 2. The summed E-state index contributed by atoms with van der Waals surface area (Å²) in [5.74, 6) is -1.03. The first-order valence-electron chi connectivity index (χ1n) is 12.3. The molecular formula is C26H29F4N5O2. The number of halogens is 4. The Morgan fingerprint density at radius 2 is 1.76 bits per heavy atom. The number of pyridine rings is 1.